The topological polar surface area (TPSA) is 26.0 Å². The van der Waals surface area contributed by atoms with Crippen molar-refractivity contribution in [1.29, 1.82) is 0 Å². The van der Waals surface area contributed by atoms with Gasteiger partial charge < -0.3 is 5.73 Å². The first-order chi connectivity index (χ1) is 9.30. The first kappa shape index (κ1) is 14.5. The van der Waals surface area contributed by atoms with Gasteiger partial charge in [-0.2, -0.15) is 13.2 Å². The van der Waals surface area contributed by atoms with Crippen LogP contribution in [0.15, 0.2) is 42.5 Å². The molecule has 2 rings (SSSR count). The molecule has 0 heterocycles. The van der Waals surface area contributed by atoms with Gasteiger partial charge in [0.1, 0.15) is 5.82 Å². The molecule has 106 valence electrons. The van der Waals surface area contributed by atoms with E-state index >= 15 is 0 Å². The van der Waals surface area contributed by atoms with Crippen molar-refractivity contribution >= 4 is 0 Å². The van der Waals surface area contributed by atoms with E-state index in [-0.39, 0.29) is 5.56 Å². The number of alkyl halides is 3. The Bertz CT molecular complexity index is 602. The molecule has 20 heavy (non-hydrogen) atoms. The van der Waals surface area contributed by atoms with Gasteiger partial charge in [-0.05, 0) is 30.2 Å². The van der Waals surface area contributed by atoms with E-state index in [1.165, 1.54) is 18.2 Å². The van der Waals surface area contributed by atoms with Crippen molar-refractivity contribution in [3.05, 3.63) is 70.5 Å². The van der Waals surface area contributed by atoms with E-state index in [1.54, 1.807) is 19.1 Å². The van der Waals surface area contributed by atoms with Crippen molar-refractivity contribution in [1.82, 2.24) is 0 Å². The lowest BCUT2D eigenvalue weighted by Crippen LogP contribution is -2.14. The van der Waals surface area contributed by atoms with Gasteiger partial charge in [0.2, 0.25) is 0 Å². The van der Waals surface area contributed by atoms with Crippen LogP contribution in [0, 0.1) is 12.7 Å². The zero-order valence-electron chi connectivity index (χ0n) is 10.7. The molecular weight excluding hydrogens is 270 g/mol. The monoisotopic (exact) mass is 283 g/mol. The number of hydrogen-bond acceptors (Lipinski definition) is 1. The van der Waals surface area contributed by atoms with Crippen LogP contribution >= 0.6 is 0 Å². The SMILES string of the molecule is Cc1cccc(C(N)c2ccc(C(F)(F)F)cc2)c1F. The van der Waals surface area contributed by atoms with E-state index in [0.29, 0.717) is 11.1 Å². The van der Waals surface area contributed by atoms with Gasteiger partial charge in [-0.1, -0.05) is 30.3 Å². The van der Waals surface area contributed by atoms with E-state index in [4.69, 9.17) is 5.73 Å². The molecule has 0 bridgehead atoms. The molecule has 0 radical (unpaired) electrons. The van der Waals surface area contributed by atoms with Gasteiger partial charge >= 0.3 is 6.18 Å². The number of rotatable bonds is 2. The van der Waals surface area contributed by atoms with Gasteiger partial charge in [0.05, 0.1) is 11.6 Å². The molecule has 1 nitrogen and oxygen atoms in total. The lowest BCUT2D eigenvalue weighted by molar-refractivity contribution is -0.137. The van der Waals surface area contributed by atoms with Crippen LogP contribution in [0.3, 0.4) is 0 Å². The summed E-state index contributed by atoms with van der Waals surface area (Å²) in [7, 11) is 0. The summed E-state index contributed by atoms with van der Waals surface area (Å²) >= 11 is 0. The van der Waals surface area contributed by atoms with Crippen molar-refractivity contribution in [2.45, 2.75) is 19.1 Å². The molecule has 0 fully saturated rings. The molecule has 2 aromatic rings. The minimum atomic E-state index is -4.39. The van der Waals surface area contributed by atoms with Gasteiger partial charge in [-0.3, -0.25) is 0 Å². The third kappa shape index (κ3) is 2.82. The first-order valence-corrected chi connectivity index (χ1v) is 5.98. The highest BCUT2D eigenvalue weighted by molar-refractivity contribution is 5.36. The van der Waals surface area contributed by atoms with E-state index in [1.807, 2.05) is 0 Å². The predicted octanol–water partition coefficient (Wildman–Crippen LogP) is 4.20. The fourth-order valence-electron chi connectivity index (χ4n) is 1.97. The first-order valence-electron chi connectivity index (χ1n) is 5.98. The van der Waals surface area contributed by atoms with Crippen molar-refractivity contribution in [3.63, 3.8) is 0 Å². The van der Waals surface area contributed by atoms with Gasteiger partial charge in [0, 0.05) is 5.56 Å². The second-order valence-corrected chi connectivity index (χ2v) is 4.58. The molecule has 0 aliphatic heterocycles. The summed E-state index contributed by atoms with van der Waals surface area (Å²) in [6.07, 6.45) is -4.39. The summed E-state index contributed by atoms with van der Waals surface area (Å²) in [4.78, 5) is 0. The van der Waals surface area contributed by atoms with Crippen LogP contribution in [-0.2, 0) is 6.18 Å². The van der Waals surface area contributed by atoms with Crippen molar-refractivity contribution in [2.24, 2.45) is 5.73 Å². The third-order valence-electron chi connectivity index (χ3n) is 3.15. The average molecular weight is 283 g/mol. The highest BCUT2D eigenvalue weighted by Crippen LogP contribution is 2.31. The largest absolute Gasteiger partial charge is 0.416 e. The van der Waals surface area contributed by atoms with Crippen LogP contribution in [0.2, 0.25) is 0 Å². The van der Waals surface area contributed by atoms with Crippen molar-refractivity contribution < 1.29 is 17.6 Å². The second kappa shape index (κ2) is 5.25. The summed E-state index contributed by atoms with van der Waals surface area (Å²) in [5.41, 5.74) is 6.32. The lowest BCUT2D eigenvalue weighted by atomic mass is 9.96. The number of halogens is 4. The fraction of sp³-hybridized carbons (Fsp3) is 0.200. The zero-order valence-corrected chi connectivity index (χ0v) is 10.7. The molecule has 0 aliphatic rings. The van der Waals surface area contributed by atoms with Crippen molar-refractivity contribution in [3.8, 4) is 0 Å². The van der Waals surface area contributed by atoms with Crippen LogP contribution in [-0.4, -0.2) is 0 Å². The molecule has 0 amide bonds. The highest BCUT2D eigenvalue weighted by atomic mass is 19.4. The minimum Gasteiger partial charge on any atom is -0.320 e. The van der Waals surface area contributed by atoms with Gasteiger partial charge in [-0.25, -0.2) is 4.39 Å². The minimum absolute atomic E-state index is 0.268. The van der Waals surface area contributed by atoms with E-state index < -0.39 is 23.6 Å². The van der Waals surface area contributed by atoms with Crippen LogP contribution in [0.25, 0.3) is 0 Å². The normalized spacial score (nSPS) is 13.3. The van der Waals surface area contributed by atoms with Gasteiger partial charge in [0.25, 0.3) is 0 Å². The maximum Gasteiger partial charge on any atom is 0.416 e. The van der Waals surface area contributed by atoms with Crippen LogP contribution in [0.1, 0.15) is 28.3 Å². The number of nitrogens with two attached hydrogens (primary N) is 1. The van der Waals surface area contributed by atoms with E-state index in [2.05, 4.69) is 0 Å². The molecule has 5 heteroatoms. The molecule has 0 aliphatic carbocycles. The molecule has 0 spiro atoms. The Morgan fingerprint density at radius 3 is 2.15 bits per heavy atom. The maximum atomic E-state index is 13.9. The summed E-state index contributed by atoms with van der Waals surface area (Å²) in [5.74, 6) is -0.431. The average Bonchev–Trinajstić information content (AvgIpc) is 2.40. The fourth-order valence-corrected chi connectivity index (χ4v) is 1.97. The molecule has 1 atom stereocenters. The quantitative estimate of drug-likeness (QED) is 0.821. The molecule has 1 unspecified atom stereocenters. The molecule has 0 aromatic heterocycles. The van der Waals surface area contributed by atoms with E-state index in [9.17, 15) is 17.6 Å². The van der Waals surface area contributed by atoms with Gasteiger partial charge in [-0.15, -0.1) is 0 Å². The Balaban J connectivity index is 2.34. The summed E-state index contributed by atoms with van der Waals surface area (Å²) < 4.78 is 51.4. The standard InChI is InChI=1S/C15H13F4N/c1-9-3-2-4-12(13(9)16)14(20)10-5-7-11(8-6-10)15(17,18)19/h2-8,14H,20H2,1H3. The lowest BCUT2D eigenvalue weighted by Gasteiger charge is -2.15. The van der Waals surface area contributed by atoms with E-state index in [0.717, 1.165) is 12.1 Å². The summed E-state index contributed by atoms with van der Waals surface area (Å²) in [5, 5.41) is 0. The Morgan fingerprint density at radius 2 is 1.60 bits per heavy atom. The number of aryl methyl sites for hydroxylation is 1. The van der Waals surface area contributed by atoms with Crippen LogP contribution in [0.5, 0.6) is 0 Å². The Hall–Kier alpha value is -1.88. The molecule has 2 N–H and O–H groups in total. The zero-order chi connectivity index (χ0) is 14.9. The second-order valence-electron chi connectivity index (χ2n) is 4.58. The smallest absolute Gasteiger partial charge is 0.320 e. The summed E-state index contributed by atoms with van der Waals surface area (Å²) in [6, 6.07) is 8.45. The summed E-state index contributed by atoms with van der Waals surface area (Å²) in [6.45, 7) is 1.61. The molecule has 0 saturated carbocycles. The Labute approximate surface area is 114 Å². The third-order valence-corrected chi connectivity index (χ3v) is 3.15. The molecule has 2 aromatic carbocycles. The number of benzene rings is 2. The van der Waals surface area contributed by atoms with Crippen LogP contribution < -0.4 is 5.73 Å². The predicted molar refractivity (Wildman–Crippen MR) is 68.6 cm³/mol. The number of hydrogen-bond donors (Lipinski definition) is 1. The Kier molecular flexibility index (Phi) is 3.81. The molecule has 0 saturated heterocycles. The highest BCUT2D eigenvalue weighted by Gasteiger charge is 2.30. The van der Waals surface area contributed by atoms with Crippen LogP contribution in [0.4, 0.5) is 17.6 Å². The Morgan fingerprint density at radius 1 is 1.00 bits per heavy atom. The van der Waals surface area contributed by atoms with Gasteiger partial charge in [0.15, 0.2) is 0 Å². The molecular formula is C15H13F4N. The van der Waals surface area contributed by atoms with Crippen molar-refractivity contribution in [2.75, 3.05) is 0 Å². The maximum absolute atomic E-state index is 13.9.